The number of rotatable bonds is 7. The number of hydrogen-bond acceptors (Lipinski definition) is 7. The van der Waals surface area contributed by atoms with Gasteiger partial charge in [-0.3, -0.25) is 14.5 Å². The van der Waals surface area contributed by atoms with Gasteiger partial charge < -0.3 is 26.0 Å². The average Bonchev–Trinajstić information content (AvgIpc) is 2.73. The van der Waals surface area contributed by atoms with Crippen LogP contribution in [0, 0.1) is 0 Å². The number of carbonyl (C=O) groups is 2. The molecule has 0 saturated carbocycles. The predicted octanol–water partition coefficient (Wildman–Crippen LogP) is -0.291. The summed E-state index contributed by atoms with van der Waals surface area (Å²) in [5.74, 6) is -0.556. The third-order valence-electron chi connectivity index (χ3n) is 4.89. The van der Waals surface area contributed by atoms with E-state index < -0.39 is 5.97 Å². The summed E-state index contributed by atoms with van der Waals surface area (Å²) >= 11 is 0. The van der Waals surface area contributed by atoms with E-state index >= 15 is 0 Å². The van der Waals surface area contributed by atoms with Gasteiger partial charge in [0.15, 0.2) is 0 Å². The lowest BCUT2D eigenvalue weighted by atomic mass is 10.1. The first-order chi connectivity index (χ1) is 14.2. The Bertz CT molecular complexity index is 587. The molecule has 0 bridgehead atoms. The highest BCUT2D eigenvalue weighted by Gasteiger charge is 2.24. The molecule has 29 heavy (non-hydrogen) atoms. The maximum atomic E-state index is 12.7. The van der Waals surface area contributed by atoms with Crippen molar-refractivity contribution >= 4 is 11.9 Å². The van der Waals surface area contributed by atoms with Gasteiger partial charge in [0.05, 0.1) is 6.04 Å². The van der Waals surface area contributed by atoms with Gasteiger partial charge in [-0.1, -0.05) is 37.3 Å². The van der Waals surface area contributed by atoms with E-state index in [1.54, 1.807) is 0 Å². The fourth-order valence-electron chi connectivity index (χ4n) is 3.27. The van der Waals surface area contributed by atoms with Crippen molar-refractivity contribution < 1.29 is 14.3 Å². The zero-order chi connectivity index (χ0) is 20.7. The van der Waals surface area contributed by atoms with Gasteiger partial charge in [-0.05, 0) is 12.0 Å². The van der Waals surface area contributed by atoms with Crippen LogP contribution in [0.3, 0.4) is 0 Å². The van der Waals surface area contributed by atoms with E-state index in [-0.39, 0.29) is 25.1 Å². The van der Waals surface area contributed by atoms with E-state index in [0.717, 1.165) is 57.9 Å². The van der Waals surface area contributed by atoms with Crippen molar-refractivity contribution in [1.29, 1.82) is 0 Å². The van der Waals surface area contributed by atoms with E-state index in [1.807, 2.05) is 37.3 Å². The molecule has 1 heterocycles. The highest BCUT2D eigenvalue weighted by molar-refractivity contribution is 5.85. The summed E-state index contributed by atoms with van der Waals surface area (Å²) in [5, 5.41) is 12.9. The fraction of sp³-hybridized carbons (Fsp3) is 0.619. The SMILES string of the molecule is CCC(C(=O)NCC(=O)OCc1ccccc1)N1CCNCCNCCNCC1. The summed E-state index contributed by atoms with van der Waals surface area (Å²) in [7, 11) is 0. The number of benzene rings is 1. The molecule has 2 rings (SSSR count). The standard InChI is InChI=1S/C21H35N5O3/c1-2-19(26-14-12-23-10-8-22-9-11-24-13-15-26)21(28)25-16-20(27)29-17-18-6-4-3-5-7-18/h3-7,19,22-24H,2,8-17H2,1H3,(H,25,28). The van der Waals surface area contributed by atoms with E-state index in [1.165, 1.54) is 0 Å². The van der Waals surface area contributed by atoms with E-state index in [4.69, 9.17) is 4.74 Å². The molecule has 0 spiro atoms. The van der Waals surface area contributed by atoms with Gasteiger partial charge in [0.1, 0.15) is 13.2 Å². The second-order valence-electron chi connectivity index (χ2n) is 7.07. The van der Waals surface area contributed by atoms with Crippen LogP contribution in [0.2, 0.25) is 0 Å². The summed E-state index contributed by atoms with van der Waals surface area (Å²) in [4.78, 5) is 26.9. The lowest BCUT2D eigenvalue weighted by Gasteiger charge is -2.30. The average molecular weight is 406 g/mol. The lowest BCUT2D eigenvalue weighted by molar-refractivity contribution is -0.145. The molecule has 8 heteroatoms. The summed E-state index contributed by atoms with van der Waals surface area (Å²) in [6, 6.07) is 9.24. The molecule has 0 radical (unpaired) electrons. The van der Waals surface area contributed by atoms with Crippen LogP contribution >= 0.6 is 0 Å². The summed E-state index contributed by atoms with van der Waals surface area (Å²) in [5.41, 5.74) is 0.924. The molecule has 1 aromatic rings. The highest BCUT2D eigenvalue weighted by Crippen LogP contribution is 2.05. The van der Waals surface area contributed by atoms with Gasteiger partial charge in [0.25, 0.3) is 0 Å². The van der Waals surface area contributed by atoms with Gasteiger partial charge >= 0.3 is 5.97 Å². The van der Waals surface area contributed by atoms with Crippen LogP contribution in [0.1, 0.15) is 18.9 Å². The van der Waals surface area contributed by atoms with Crippen LogP contribution in [-0.2, 0) is 20.9 Å². The third kappa shape index (κ3) is 9.36. The van der Waals surface area contributed by atoms with Crippen molar-refractivity contribution in [3.63, 3.8) is 0 Å². The number of esters is 1. The van der Waals surface area contributed by atoms with Crippen molar-refractivity contribution in [3.8, 4) is 0 Å². The molecule has 1 amide bonds. The Hall–Kier alpha value is -2.00. The summed E-state index contributed by atoms with van der Waals surface area (Å²) in [6.45, 7) is 9.00. The van der Waals surface area contributed by atoms with E-state index in [0.29, 0.717) is 6.42 Å². The van der Waals surface area contributed by atoms with E-state index in [2.05, 4.69) is 26.2 Å². The molecule has 1 fully saturated rings. The molecule has 1 saturated heterocycles. The van der Waals surface area contributed by atoms with Crippen molar-refractivity contribution in [3.05, 3.63) is 35.9 Å². The topological polar surface area (TPSA) is 94.7 Å². The third-order valence-corrected chi connectivity index (χ3v) is 4.89. The Morgan fingerprint density at radius 1 is 1.00 bits per heavy atom. The smallest absolute Gasteiger partial charge is 0.325 e. The minimum atomic E-state index is -0.429. The summed E-state index contributed by atoms with van der Waals surface area (Å²) in [6.07, 6.45) is 0.687. The van der Waals surface area contributed by atoms with Crippen molar-refractivity contribution in [2.24, 2.45) is 0 Å². The van der Waals surface area contributed by atoms with Gasteiger partial charge in [0.2, 0.25) is 5.91 Å². The van der Waals surface area contributed by atoms with Crippen molar-refractivity contribution in [2.75, 3.05) is 58.9 Å². The Labute approximate surface area is 173 Å². The second kappa shape index (κ2) is 14.1. The first kappa shape index (κ1) is 23.3. The van der Waals surface area contributed by atoms with Crippen LogP contribution in [0.15, 0.2) is 30.3 Å². The molecule has 1 unspecified atom stereocenters. The quantitative estimate of drug-likeness (QED) is 0.463. The molecule has 1 atom stereocenters. The zero-order valence-electron chi connectivity index (χ0n) is 17.4. The van der Waals surface area contributed by atoms with Crippen LogP contribution in [0.4, 0.5) is 0 Å². The first-order valence-electron chi connectivity index (χ1n) is 10.5. The Morgan fingerprint density at radius 3 is 2.17 bits per heavy atom. The van der Waals surface area contributed by atoms with Gasteiger partial charge in [-0.15, -0.1) is 0 Å². The monoisotopic (exact) mass is 405 g/mol. The number of amides is 1. The van der Waals surface area contributed by atoms with Crippen LogP contribution < -0.4 is 21.3 Å². The zero-order valence-corrected chi connectivity index (χ0v) is 17.4. The Morgan fingerprint density at radius 2 is 1.59 bits per heavy atom. The lowest BCUT2D eigenvalue weighted by Crippen LogP contribution is -2.52. The van der Waals surface area contributed by atoms with Gasteiger partial charge in [-0.2, -0.15) is 0 Å². The normalized spacial score (nSPS) is 18.1. The molecule has 8 nitrogen and oxygen atoms in total. The second-order valence-corrected chi connectivity index (χ2v) is 7.07. The Kier molecular flexibility index (Phi) is 11.3. The number of nitrogens with zero attached hydrogens (tertiary/aromatic N) is 1. The molecule has 0 aliphatic carbocycles. The molecular formula is C21H35N5O3. The molecule has 0 aromatic heterocycles. The molecule has 1 aliphatic rings. The molecule has 162 valence electrons. The maximum absolute atomic E-state index is 12.7. The highest BCUT2D eigenvalue weighted by atomic mass is 16.5. The number of ether oxygens (including phenoxy) is 1. The van der Waals surface area contributed by atoms with Crippen LogP contribution in [0.5, 0.6) is 0 Å². The number of carbonyl (C=O) groups excluding carboxylic acids is 2. The predicted molar refractivity (Wildman–Crippen MR) is 114 cm³/mol. The van der Waals surface area contributed by atoms with Gasteiger partial charge in [-0.25, -0.2) is 0 Å². The number of nitrogens with one attached hydrogen (secondary N) is 4. The minimum absolute atomic E-state index is 0.113. The van der Waals surface area contributed by atoms with Crippen LogP contribution in [-0.4, -0.2) is 81.7 Å². The molecule has 1 aliphatic heterocycles. The van der Waals surface area contributed by atoms with Crippen molar-refractivity contribution in [1.82, 2.24) is 26.2 Å². The molecule has 1 aromatic carbocycles. The first-order valence-corrected chi connectivity index (χ1v) is 10.5. The largest absolute Gasteiger partial charge is 0.460 e. The van der Waals surface area contributed by atoms with Gasteiger partial charge in [0, 0.05) is 52.4 Å². The molecule has 4 N–H and O–H groups in total. The Balaban J connectivity index is 1.79. The maximum Gasteiger partial charge on any atom is 0.325 e. The van der Waals surface area contributed by atoms with Crippen LogP contribution in [0.25, 0.3) is 0 Å². The summed E-state index contributed by atoms with van der Waals surface area (Å²) < 4.78 is 5.24. The number of hydrogen-bond donors (Lipinski definition) is 4. The minimum Gasteiger partial charge on any atom is -0.460 e. The molecular weight excluding hydrogens is 370 g/mol. The van der Waals surface area contributed by atoms with Crippen molar-refractivity contribution in [2.45, 2.75) is 26.0 Å². The van der Waals surface area contributed by atoms with E-state index in [9.17, 15) is 9.59 Å². The fourth-order valence-corrected chi connectivity index (χ4v) is 3.27.